The summed E-state index contributed by atoms with van der Waals surface area (Å²) < 4.78 is 7.98. The highest BCUT2D eigenvalue weighted by Gasteiger charge is 2.35. The first-order valence-electron chi connectivity index (χ1n) is 25.7. The standard InChI is InChI=1S/C56H62ClN11O6/c1-4-50(71)67-28-27-66(32-41(67)15-21-58)52-42-20-26-65(47-10-6-8-38-7-5-9-45(57)51(38)47)33-46(42)59-55(60-52)74-34-37-16-24-64(25-17-37)54(72)39-18-22-63(23-19-39)31-36-11-13-40(14-12-36)68-53(61-62-56(68)73)44-29-43(35(2)3)48(69)30-49(44)70/h4-14,29-30,35,37,39,41,69-70H,1,15-20,22-28,31-34H2,2-3H3,(H,62,73)/t41-/m0/s1. The van der Waals surface area contributed by atoms with Gasteiger partial charge in [0, 0.05) is 74.4 Å². The molecule has 74 heavy (non-hydrogen) atoms. The highest BCUT2D eigenvalue weighted by Crippen LogP contribution is 2.40. The summed E-state index contributed by atoms with van der Waals surface area (Å²) in [5, 5.41) is 52.4. The molecule has 2 aromatic heterocycles. The van der Waals surface area contributed by atoms with Crippen molar-refractivity contribution in [1.82, 2.24) is 39.4 Å². The van der Waals surface area contributed by atoms with Crippen LogP contribution in [0.5, 0.6) is 23.5 Å². The minimum atomic E-state index is -0.318. The Morgan fingerprint density at radius 1 is 0.892 bits per heavy atom. The largest absolute Gasteiger partial charge is 0.508 e. The second-order valence-corrected chi connectivity index (χ2v) is 20.7. The second kappa shape index (κ2) is 21.6. The van der Waals surface area contributed by atoms with Crippen LogP contribution in [0, 0.1) is 23.2 Å². The van der Waals surface area contributed by atoms with Crippen LogP contribution in [-0.4, -0.2) is 132 Å². The van der Waals surface area contributed by atoms with Gasteiger partial charge in [0.2, 0.25) is 11.8 Å². The number of carbonyl (C=O) groups is 2. The van der Waals surface area contributed by atoms with E-state index in [1.54, 1.807) is 11.0 Å². The number of fused-ring (bicyclic) bond motifs is 2. The molecule has 0 spiro atoms. The number of nitrogens with zero attached hydrogens (tertiary/aromatic N) is 11. The average Bonchev–Trinajstić information content (AvgIpc) is 3.80. The van der Waals surface area contributed by atoms with Crippen LogP contribution in [0.2, 0.25) is 5.02 Å². The van der Waals surface area contributed by atoms with Gasteiger partial charge >= 0.3 is 12.0 Å². The lowest BCUT2D eigenvalue weighted by atomic mass is 9.92. The fourth-order valence-electron chi connectivity index (χ4n) is 11.2. The molecule has 0 bridgehead atoms. The van der Waals surface area contributed by atoms with Crippen LogP contribution in [0.1, 0.15) is 74.3 Å². The molecule has 17 nitrogen and oxygen atoms in total. The predicted molar refractivity (Wildman–Crippen MR) is 283 cm³/mol. The molecule has 2 amide bonds. The number of aromatic hydroxyl groups is 3. The number of carbonyl (C=O) groups excluding carboxylic acids is 2. The number of phenols is 2. The topological polar surface area (TPSA) is 201 Å². The van der Waals surface area contributed by atoms with Gasteiger partial charge in [-0.3, -0.25) is 14.5 Å². The molecule has 4 aliphatic rings. The van der Waals surface area contributed by atoms with Gasteiger partial charge in [-0.2, -0.15) is 15.2 Å². The first-order chi connectivity index (χ1) is 35.9. The molecule has 18 heteroatoms. The van der Waals surface area contributed by atoms with Crippen molar-refractivity contribution in [3.8, 4) is 46.7 Å². The van der Waals surface area contributed by atoms with E-state index in [1.165, 1.54) is 16.7 Å². The minimum Gasteiger partial charge on any atom is -0.508 e. The maximum Gasteiger partial charge on any atom is 0.319 e. The van der Waals surface area contributed by atoms with Crippen LogP contribution in [0.3, 0.4) is 0 Å². The lowest BCUT2D eigenvalue weighted by Gasteiger charge is -2.42. The molecule has 1 atom stereocenters. The van der Waals surface area contributed by atoms with Crippen LogP contribution in [0.4, 0.5) is 11.5 Å². The summed E-state index contributed by atoms with van der Waals surface area (Å²) in [4.78, 5) is 47.5. The van der Waals surface area contributed by atoms with Crippen molar-refractivity contribution in [2.75, 3.05) is 68.8 Å². The Morgan fingerprint density at radius 2 is 1.65 bits per heavy atom. The summed E-state index contributed by atoms with van der Waals surface area (Å²) >= 11 is 6.80. The fraction of sp³-hybridized carbons (Fsp3) is 0.411. The van der Waals surface area contributed by atoms with Gasteiger partial charge in [-0.25, -0.2) is 4.57 Å². The Hall–Kier alpha value is -7.42. The van der Waals surface area contributed by atoms with Gasteiger partial charge in [0.25, 0.3) is 0 Å². The quantitative estimate of drug-likeness (QED) is 0.0941. The van der Waals surface area contributed by atoms with Gasteiger partial charge < -0.3 is 39.7 Å². The molecule has 6 heterocycles. The fourth-order valence-corrected chi connectivity index (χ4v) is 11.5. The third-order valence-corrected chi connectivity index (χ3v) is 15.6. The number of anilines is 2. The number of hydrogen-bond acceptors (Lipinski definition) is 14. The van der Waals surface area contributed by atoms with Crippen molar-refractivity contribution in [2.24, 2.45) is 11.8 Å². The van der Waals surface area contributed by atoms with E-state index >= 15 is 0 Å². The molecular formula is C56H62ClN11O6. The number of ether oxygens (including phenoxy) is 1. The number of amides is 2. The van der Waals surface area contributed by atoms with Crippen molar-refractivity contribution in [3.63, 3.8) is 0 Å². The molecule has 6 aromatic rings. The number of rotatable bonds is 13. The number of phenolic OH excluding ortho intramolecular Hbond substituents is 2. The summed E-state index contributed by atoms with van der Waals surface area (Å²) in [5.74, 6) is 1.09. The van der Waals surface area contributed by atoms with Crippen LogP contribution in [0.25, 0.3) is 27.8 Å². The molecule has 0 aliphatic carbocycles. The maximum atomic E-state index is 13.9. The maximum absolute atomic E-state index is 13.9. The van der Waals surface area contributed by atoms with E-state index in [9.17, 15) is 30.2 Å². The molecule has 3 N–H and O–H groups in total. The van der Waals surface area contributed by atoms with E-state index in [-0.39, 0.29) is 65.4 Å². The van der Waals surface area contributed by atoms with Crippen molar-refractivity contribution >= 4 is 45.7 Å². The minimum absolute atomic E-state index is 0.00627. The Bertz CT molecular complexity index is 3100. The van der Waals surface area contributed by atoms with Crippen molar-refractivity contribution in [1.29, 1.82) is 5.26 Å². The number of halogens is 1. The van der Waals surface area contributed by atoms with Crippen LogP contribution in [0.15, 0.2) is 85.5 Å². The van der Waals surface area contributed by atoms with E-state index in [2.05, 4.69) is 61.8 Å². The van der Waals surface area contributed by atoms with Gasteiger partial charge in [-0.15, -0.1) is 5.10 Å². The Morgan fingerprint density at radius 3 is 2.38 bits per heavy atom. The van der Waals surface area contributed by atoms with Crippen molar-refractivity contribution < 1.29 is 29.6 Å². The number of piperidine rings is 2. The lowest BCUT2D eigenvalue weighted by Crippen LogP contribution is -2.55. The monoisotopic (exact) mass is 1020 g/mol. The molecule has 4 aromatic carbocycles. The van der Waals surface area contributed by atoms with Gasteiger partial charge in [0.1, 0.15) is 17.3 Å². The SMILES string of the molecule is C=CC(=O)N1CCN(c2nc(OCC3CCN(C(=O)C4CCN(Cc5ccc(-n6c(O)nnc6-c6cc(C(C)C)c(O)cc6O)cc5)CC4)CC3)nc3c2CCN(c2cccc4cccc(Cl)c24)C3)C[C@@H]1CC#N. The molecule has 0 unspecified atom stereocenters. The van der Waals surface area contributed by atoms with Gasteiger partial charge in [-0.1, -0.05) is 73.5 Å². The van der Waals surface area contributed by atoms with Crippen molar-refractivity contribution in [3.05, 3.63) is 113 Å². The highest BCUT2D eigenvalue weighted by molar-refractivity contribution is 6.36. The predicted octanol–water partition coefficient (Wildman–Crippen LogP) is 7.98. The Labute approximate surface area is 435 Å². The average molecular weight is 1020 g/mol. The third kappa shape index (κ3) is 10.3. The number of likely N-dealkylation sites (tertiary alicyclic amines) is 2. The van der Waals surface area contributed by atoms with E-state index < -0.39 is 0 Å². The van der Waals surface area contributed by atoms with Crippen LogP contribution >= 0.6 is 11.6 Å². The summed E-state index contributed by atoms with van der Waals surface area (Å²) in [6.07, 6.45) is 5.39. The normalized spacial score (nSPS) is 17.9. The zero-order valence-electron chi connectivity index (χ0n) is 41.9. The van der Waals surface area contributed by atoms with Crippen molar-refractivity contribution in [2.45, 2.75) is 77.4 Å². The number of aromatic nitrogens is 5. The molecule has 3 fully saturated rings. The van der Waals surface area contributed by atoms with Gasteiger partial charge in [0.15, 0.2) is 5.82 Å². The number of nitriles is 1. The zero-order valence-corrected chi connectivity index (χ0v) is 42.7. The first kappa shape index (κ1) is 50.1. The summed E-state index contributed by atoms with van der Waals surface area (Å²) in [6, 6.07) is 24.9. The summed E-state index contributed by atoms with van der Waals surface area (Å²) in [5.41, 5.74) is 5.66. The number of benzene rings is 4. The van der Waals surface area contributed by atoms with Gasteiger partial charge in [-0.05, 0) is 110 Å². The molecule has 0 radical (unpaired) electrons. The van der Waals surface area contributed by atoms with E-state index in [0.29, 0.717) is 86.7 Å². The molecule has 384 valence electrons. The summed E-state index contributed by atoms with van der Waals surface area (Å²) in [6.45, 7) is 14.3. The van der Waals surface area contributed by atoms with Gasteiger partial charge in [0.05, 0.1) is 53.7 Å². The molecule has 10 rings (SSSR count). The molecule has 4 aliphatic heterocycles. The Balaban J connectivity index is 0.752. The van der Waals surface area contributed by atoms with Crippen LogP contribution in [-0.2, 0) is 29.1 Å². The Kier molecular flexibility index (Phi) is 14.6. The third-order valence-electron chi connectivity index (χ3n) is 15.3. The zero-order chi connectivity index (χ0) is 51.6. The summed E-state index contributed by atoms with van der Waals surface area (Å²) in [7, 11) is 0. The van der Waals surface area contributed by atoms with E-state index in [1.807, 2.05) is 55.1 Å². The van der Waals surface area contributed by atoms with E-state index in [0.717, 1.165) is 84.4 Å². The first-order valence-corrected chi connectivity index (χ1v) is 26.1. The van der Waals surface area contributed by atoms with E-state index in [4.69, 9.17) is 26.3 Å². The highest BCUT2D eigenvalue weighted by atomic mass is 35.5. The molecule has 3 saturated heterocycles. The number of piperazine rings is 1. The second-order valence-electron chi connectivity index (χ2n) is 20.3. The van der Waals surface area contributed by atoms with Crippen LogP contribution < -0.4 is 14.5 Å². The lowest BCUT2D eigenvalue weighted by molar-refractivity contribution is -0.138. The molecular weight excluding hydrogens is 958 g/mol. The number of hydrogen-bond donors (Lipinski definition) is 3. The molecule has 0 saturated carbocycles. The smallest absolute Gasteiger partial charge is 0.319 e.